The number of hydrogen-bond acceptors (Lipinski definition) is 6. The molecular formula is C25H24N4O2S2. The van der Waals surface area contributed by atoms with Crippen molar-refractivity contribution in [3.8, 4) is 10.6 Å². The van der Waals surface area contributed by atoms with Gasteiger partial charge in [-0.05, 0) is 55.3 Å². The molecule has 6 nitrogen and oxygen atoms in total. The highest BCUT2D eigenvalue weighted by Gasteiger charge is 2.35. The zero-order valence-electron chi connectivity index (χ0n) is 19.0. The van der Waals surface area contributed by atoms with E-state index in [9.17, 15) is 9.59 Å². The molecule has 0 aliphatic carbocycles. The van der Waals surface area contributed by atoms with Gasteiger partial charge in [0.1, 0.15) is 9.88 Å². The molecule has 1 unspecified atom stereocenters. The number of benzene rings is 1. The van der Waals surface area contributed by atoms with Crippen molar-refractivity contribution in [1.29, 1.82) is 0 Å². The van der Waals surface area contributed by atoms with Crippen molar-refractivity contribution in [3.63, 3.8) is 0 Å². The third kappa shape index (κ3) is 3.63. The first kappa shape index (κ1) is 21.7. The van der Waals surface area contributed by atoms with Crippen LogP contribution < -0.4 is 5.56 Å². The number of hydrogen-bond donors (Lipinski definition) is 0. The number of carbonyl (C=O) groups is 1. The molecule has 3 aromatic heterocycles. The normalized spacial score (nSPS) is 15.5. The van der Waals surface area contributed by atoms with Gasteiger partial charge in [-0.15, -0.1) is 22.7 Å². The Kier molecular flexibility index (Phi) is 5.50. The summed E-state index contributed by atoms with van der Waals surface area (Å²) < 4.78 is 1.34. The van der Waals surface area contributed by atoms with Gasteiger partial charge in [-0.25, -0.2) is 9.67 Å². The fraction of sp³-hybridized carbons (Fsp3) is 0.280. The Hall–Kier alpha value is -3.10. The molecule has 0 bridgehead atoms. The second-order valence-electron chi connectivity index (χ2n) is 8.31. The summed E-state index contributed by atoms with van der Waals surface area (Å²) >= 11 is 3.05. The molecule has 1 amide bonds. The Morgan fingerprint density at radius 1 is 1.09 bits per heavy atom. The Bertz CT molecular complexity index is 1420. The molecule has 4 heterocycles. The monoisotopic (exact) mass is 476 g/mol. The van der Waals surface area contributed by atoms with Crippen molar-refractivity contribution >= 4 is 28.6 Å². The molecule has 0 N–H and O–H groups in total. The first-order valence-electron chi connectivity index (χ1n) is 10.8. The molecule has 1 aliphatic heterocycles. The number of nitrogens with zero attached hydrogens (tertiary/aromatic N) is 4. The third-order valence-corrected chi connectivity index (χ3v) is 8.43. The molecule has 5 rings (SSSR count). The molecule has 0 radical (unpaired) electrons. The van der Waals surface area contributed by atoms with Crippen LogP contribution in [0.2, 0.25) is 0 Å². The predicted octanol–water partition coefficient (Wildman–Crippen LogP) is 4.68. The van der Waals surface area contributed by atoms with Crippen molar-refractivity contribution in [2.24, 2.45) is 7.05 Å². The zero-order chi connectivity index (χ0) is 23.3. The van der Waals surface area contributed by atoms with Gasteiger partial charge in [0.15, 0.2) is 0 Å². The third-order valence-electron chi connectivity index (χ3n) is 6.27. The van der Waals surface area contributed by atoms with E-state index in [2.05, 4.69) is 33.7 Å². The van der Waals surface area contributed by atoms with E-state index in [0.717, 1.165) is 23.2 Å². The number of aromatic nitrogens is 3. The van der Waals surface area contributed by atoms with Crippen molar-refractivity contribution < 1.29 is 4.79 Å². The molecule has 1 aliphatic rings. The highest BCUT2D eigenvalue weighted by molar-refractivity contribution is 7.17. The number of aryl methyl sites for hydroxylation is 3. The fourth-order valence-corrected chi connectivity index (χ4v) is 6.48. The van der Waals surface area contributed by atoms with Crippen LogP contribution in [0.5, 0.6) is 0 Å². The first-order chi connectivity index (χ1) is 15.9. The van der Waals surface area contributed by atoms with Crippen LogP contribution in [0, 0.1) is 20.8 Å². The van der Waals surface area contributed by atoms with Gasteiger partial charge in [-0.2, -0.15) is 5.10 Å². The Balaban J connectivity index is 1.59. The van der Waals surface area contributed by atoms with E-state index in [1.54, 1.807) is 18.4 Å². The van der Waals surface area contributed by atoms with E-state index in [-0.39, 0.29) is 17.5 Å². The second-order valence-corrected chi connectivity index (χ2v) is 10.3. The summed E-state index contributed by atoms with van der Waals surface area (Å²) in [4.78, 5) is 35.3. The smallest absolute Gasteiger partial charge is 0.277 e. The number of carbonyl (C=O) groups excluding carboxylic acids is 1. The summed E-state index contributed by atoms with van der Waals surface area (Å²) in [5.74, 6) is -0.0396. The molecule has 0 saturated heterocycles. The molecule has 0 fully saturated rings. The van der Waals surface area contributed by atoms with E-state index in [1.807, 2.05) is 43.9 Å². The molecule has 1 atom stereocenters. The zero-order valence-corrected chi connectivity index (χ0v) is 20.6. The van der Waals surface area contributed by atoms with Gasteiger partial charge in [0.05, 0.1) is 23.0 Å². The van der Waals surface area contributed by atoms with Gasteiger partial charge in [0.2, 0.25) is 0 Å². The Morgan fingerprint density at radius 3 is 2.61 bits per heavy atom. The predicted molar refractivity (Wildman–Crippen MR) is 132 cm³/mol. The maximum Gasteiger partial charge on any atom is 0.277 e. The number of amides is 1. The maximum atomic E-state index is 13.9. The summed E-state index contributed by atoms with van der Waals surface area (Å²) in [6.07, 6.45) is 0.843. The van der Waals surface area contributed by atoms with E-state index in [4.69, 9.17) is 0 Å². The fourth-order valence-electron chi connectivity index (χ4n) is 4.46. The molecule has 33 heavy (non-hydrogen) atoms. The molecule has 4 aromatic rings. The second kappa shape index (κ2) is 8.35. The summed E-state index contributed by atoms with van der Waals surface area (Å²) in [5.41, 5.74) is 4.85. The van der Waals surface area contributed by atoms with Gasteiger partial charge >= 0.3 is 0 Å². The highest BCUT2D eigenvalue weighted by Crippen LogP contribution is 2.39. The van der Waals surface area contributed by atoms with Crippen LogP contribution in [-0.2, 0) is 13.5 Å². The highest BCUT2D eigenvalue weighted by atomic mass is 32.1. The summed E-state index contributed by atoms with van der Waals surface area (Å²) in [6, 6.07) is 12.2. The van der Waals surface area contributed by atoms with Gasteiger partial charge < -0.3 is 4.90 Å². The standard InChI is InChI=1S/C25H24N4O2S2/c1-14-15(2)27-28(4)24(30)20(14)23-26-16(3)22(33-23)25(31)29-12-10-19-18(11-13-32-19)21(29)17-8-6-5-7-9-17/h5-9,11,13,21H,10,12H2,1-4H3. The maximum absolute atomic E-state index is 13.9. The van der Waals surface area contributed by atoms with Gasteiger partial charge in [0, 0.05) is 18.5 Å². The lowest BCUT2D eigenvalue weighted by Gasteiger charge is -2.36. The Morgan fingerprint density at radius 2 is 1.85 bits per heavy atom. The number of rotatable bonds is 3. The average Bonchev–Trinajstić information content (AvgIpc) is 3.44. The van der Waals surface area contributed by atoms with Crippen LogP contribution in [0.25, 0.3) is 10.6 Å². The molecular weight excluding hydrogens is 452 g/mol. The van der Waals surface area contributed by atoms with E-state index < -0.39 is 0 Å². The number of fused-ring (bicyclic) bond motifs is 1. The minimum absolute atomic E-state index is 0.0396. The van der Waals surface area contributed by atoms with Gasteiger partial charge in [0.25, 0.3) is 11.5 Å². The van der Waals surface area contributed by atoms with Crippen molar-refractivity contribution in [1.82, 2.24) is 19.7 Å². The van der Waals surface area contributed by atoms with Crippen LogP contribution >= 0.6 is 22.7 Å². The first-order valence-corrected chi connectivity index (χ1v) is 12.5. The van der Waals surface area contributed by atoms with Gasteiger partial charge in [-0.3, -0.25) is 9.59 Å². The molecule has 1 aromatic carbocycles. The van der Waals surface area contributed by atoms with Crippen LogP contribution in [0.15, 0.2) is 46.6 Å². The number of thiazole rings is 1. The minimum Gasteiger partial charge on any atom is -0.326 e. The molecule has 8 heteroatoms. The Labute approximate surface area is 200 Å². The van der Waals surface area contributed by atoms with E-state index in [1.165, 1.54) is 26.5 Å². The minimum atomic E-state index is -0.200. The lowest BCUT2D eigenvalue weighted by atomic mass is 9.93. The van der Waals surface area contributed by atoms with Crippen LogP contribution in [0.4, 0.5) is 0 Å². The van der Waals surface area contributed by atoms with Crippen LogP contribution in [0.1, 0.15) is 48.7 Å². The number of thiophene rings is 1. The summed E-state index contributed by atoms with van der Waals surface area (Å²) in [7, 11) is 1.64. The van der Waals surface area contributed by atoms with Crippen molar-refractivity contribution in [3.05, 3.63) is 90.0 Å². The molecule has 168 valence electrons. The molecule has 0 spiro atoms. The van der Waals surface area contributed by atoms with E-state index in [0.29, 0.717) is 27.7 Å². The lowest BCUT2D eigenvalue weighted by molar-refractivity contribution is 0.0700. The van der Waals surface area contributed by atoms with Crippen LogP contribution in [-0.4, -0.2) is 32.1 Å². The van der Waals surface area contributed by atoms with E-state index >= 15 is 0 Å². The van der Waals surface area contributed by atoms with Crippen LogP contribution in [0.3, 0.4) is 0 Å². The largest absolute Gasteiger partial charge is 0.326 e. The summed E-state index contributed by atoms with van der Waals surface area (Å²) in [5, 5.41) is 6.94. The van der Waals surface area contributed by atoms with Crippen molar-refractivity contribution in [2.75, 3.05) is 6.54 Å². The average molecular weight is 477 g/mol. The quantitative estimate of drug-likeness (QED) is 0.431. The topological polar surface area (TPSA) is 68.1 Å². The van der Waals surface area contributed by atoms with Crippen molar-refractivity contribution in [2.45, 2.75) is 33.2 Å². The summed E-state index contributed by atoms with van der Waals surface area (Å²) in [6.45, 7) is 6.25. The van der Waals surface area contributed by atoms with Gasteiger partial charge in [-0.1, -0.05) is 30.3 Å². The SMILES string of the molecule is Cc1nc(-c2c(C)c(C)nn(C)c2=O)sc1C(=O)N1CCc2sccc2C1c1ccccc1. The lowest BCUT2D eigenvalue weighted by Crippen LogP contribution is -2.40. The molecule has 0 saturated carbocycles.